The summed E-state index contributed by atoms with van der Waals surface area (Å²) < 4.78 is 12.7. The number of benzene rings is 1. The number of carbonyl (C=O) groups excluding carboxylic acids is 1. The number of halogens is 1. The van der Waals surface area contributed by atoms with E-state index in [0.29, 0.717) is 23.7 Å². The molecule has 0 aliphatic heterocycles. The van der Waals surface area contributed by atoms with E-state index in [1.54, 1.807) is 0 Å². The lowest BCUT2D eigenvalue weighted by Crippen LogP contribution is -2.25. The second-order valence-corrected chi connectivity index (χ2v) is 4.64. The number of hydrogen-bond donors (Lipinski definition) is 2. The molecule has 1 heterocycles. The number of aromatic nitrogens is 2. The molecule has 0 radical (unpaired) electrons. The maximum atomic E-state index is 12.7. The zero-order chi connectivity index (χ0) is 13.0. The minimum absolute atomic E-state index is 0.243. The Balaban J connectivity index is 1.83. The minimum Gasteiger partial charge on any atom is -0.374 e. The molecule has 0 aliphatic carbocycles. The highest BCUT2D eigenvalue weighted by molar-refractivity contribution is 7.15. The van der Waals surface area contributed by atoms with Crippen molar-refractivity contribution in [3.8, 4) is 0 Å². The van der Waals surface area contributed by atoms with Crippen LogP contribution in [0.15, 0.2) is 24.3 Å². The fourth-order valence-electron chi connectivity index (χ4n) is 1.35. The molecular weight excluding hydrogens is 255 g/mol. The van der Waals surface area contributed by atoms with Gasteiger partial charge in [-0.25, -0.2) is 4.39 Å². The lowest BCUT2D eigenvalue weighted by Gasteiger charge is -2.03. The summed E-state index contributed by atoms with van der Waals surface area (Å²) in [7, 11) is 0. The SMILES string of the molecule is Nc1nnc(CCNC(=O)c2ccc(F)cc2)s1. The molecule has 0 bridgehead atoms. The molecule has 0 saturated heterocycles. The van der Waals surface area contributed by atoms with Crippen LogP contribution in [0.1, 0.15) is 15.4 Å². The fraction of sp³-hybridized carbons (Fsp3) is 0.182. The first kappa shape index (κ1) is 12.4. The Morgan fingerprint density at radius 3 is 2.67 bits per heavy atom. The van der Waals surface area contributed by atoms with Crippen molar-refractivity contribution in [1.82, 2.24) is 15.5 Å². The molecule has 0 aliphatic rings. The molecule has 7 heteroatoms. The van der Waals surface area contributed by atoms with Gasteiger partial charge in [0, 0.05) is 18.5 Å². The van der Waals surface area contributed by atoms with Crippen molar-refractivity contribution in [2.24, 2.45) is 0 Å². The van der Waals surface area contributed by atoms with Crippen LogP contribution in [0.4, 0.5) is 9.52 Å². The number of rotatable bonds is 4. The zero-order valence-electron chi connectivity index (χ0n) is 9.39. The van der Waals surface area contributed by atoms with Crippen LogP contribution in [0.25, 0.3) is 0 Å². The van der Waals surface area contributed by atoms with Crippen LogP contribution in [0.5, 0.6) is 0 Å². The van der Waals surface area contributed by atoms with Gasteiger partial charge >= 0.3 is 0 Å². The lowest BCUT2D eigenvalue weighted by atomic mass is 10.2. The Labute approximate surface area is 107 Å². The smallest absolute Gasteiger partial charge is 0.251 e. The second-order valence-electron chi connectivity index (χ2n) is 3.55. The molecule has 1 aromatic heterocycles. The van der Waals surface area contributed by atoms with Crippen LogP contribution in [0, 0.1) is 5.82 Å². The van der Waals surface area contributed by atoms with Gasteiger partial charge < -0.3 is 11.1 Å². The summed E-state index contributed by atoms with van der Waals surface area (Å²) in [5, 5.41) is 11.4. The van der Waals surface area contributed by atoms with Crippen LogP contribution in [0.2, 0.25) is 0 Å². The third kappa shape index (κ3) is 3.24. The van der Waals surface area contributed by atoms with Crippen LogP contribution in [-0.4, -0.2) is 22.6 Å². The first-order valence-corrected chi connectivity index (χ1v) is 6.08. The van der Waals surface area contributed by atoms with Gasteiger partial charge in [-0.05, 0) is 24.3 Å². The van der Waals surface area contributed by atoms with Gasteiger partial charge in [0.1, 0.15) is 10.8 Å². The Morgan fingerprint density at radius 1 is 1.33 bits per heavy atom. The molecule has 2 rings (SSSR count). The number of amides is 1. The van der Waals surface area contributed by atoms with E-state index in [2.05, 4.69) is 15.5 Å². The summed E-state index contributed by atoms with van der Waals surface area (Å²) in [4.78, 5) is 11.7. The number of carbonyl (C=O) groups is 1. The maximum Gasteiger partial charge on any atom is 0.251 e. The van der Waals surface area contributed by atoms with Gasteiger partial charge in [-0.1, -0.05) is 11.3 Å². The highest BCUT2D eigenvalue weighted by atomic mass is 32.1. The van der Waals surface area contributed by atoms with Crippen LogP contribution in [-0.2, 0) is 6.42 Å². The van der Waals surface area contributed by atoms with Gasteiger partial charge in [0.25, 0.3) is 5.91 Å². The average molecular weight is 266 g/mol. The molecule has 0 unspecified atom stereocenters. The monoisotopic (exact) mass is 266 g/mol. The van der Waals surface area contributed by atoms with E-state index in [1.807, 2.05) is 0 Å². The molecular formula is C11H11FN4OS. The van der Waals surface area contributed by atoms with Crippen molar-refractivity contribution in [2.75, 3.05) is 12.3 Å². The number of nitrogens with two attached hydrogens (primary N) is 1. The third-order valence-corrected chi connectivity index (χ3v) is 3.03. The predicted octanol–water partition coefficient (Wildman–Crippen LogP) is 1.23. The lowest BCUT2D eigenvalue weighted by molar-refractivity contribution is 0.0954. The normalized spacial score (nSPS) is 10.3. The number of nitrogens with one attached hydrogen (secondary N) is 1. The molecule has 5 nitrogen and oxygen atoms in total. The summed E-state index contributed by atoms with van der Waals surface area (Å²) in [6.45, 7) is 0.435. The molecule has 2 aromatic rings. The van der Waals surface area contributed by atoms with Crippen molar-refractivity contribution < 1.29 is 9.18 Å². The largest absolute Gasteiger partial charge is 0.374 e. The van der Waals surface area contributed by atoms with Gasteiger partial charge in [0.05, 0.1) is 0 Å². The molecule has 3 N–H and O–H groups in total. The van der Waals surface area contributed by atoms with Crippen LogP contribution >= 0.6 is 11.3 Å². The van der Waals surface area contributed by atoms with E-state index < -0.39 is 0 Å². The highest BCUT2D eigenvalue weighted by Gasteiger charge is 2.06. The molecule has 0 spiro atoms. The average Bonchev–Trinajstić information content (AvgIpc) is 2.76. The van der Waals surface area contributed by atoms with Crippen LogP contribution < -0.4 is 11.1 Å². The Kier molecular flexibility index (Phi) is 3.83. The molecule has 18 heavy (non-hydrogen) atoms. The Hall–Kier alpha value is -2.02. The van der Waals surface area contributed by atoms with Crippen molar-refractivity contribution >= 4 is 22.4 Å². The third-order valence-electron chi connectivity index (χ3n) is 2.21. The van der Waals surface area contributed by atoms with E-state index in [4.69, 9.17) is 5.73 Å². The number of nitrogen functional groups attached to an aromatic ring is 1. The Bertz CT molecular complexity index is 540. The summed E-state index contributed by atoms with van der Waals surface area (Å²) in [5.74, 6) is -0.608. The minimum atomic E-state index is -0.365. The highest BCUT2D eigenvalue weighted by Crippen LogP contribution is 2.10. The number of anilines is 1. The topological polar surface area (TPSA) is 80.9 Å². The van der Waals surface area contributed by atoms with E-state index in [0.717, 1.165) is 5.01 Å². The maximum absolute atomic E-state index is 12.7. The fourth-order valence-corrected chi connectivity index (χ4v) is 1.96. The molecule has 94 valence electrons. The van der Waals surface area contributed by atoms with Gasteiger partial charge in [-0.2, -0.15) is 0 Å². The quantitative estimate of drug-likeness (QED) is 0.872. The summed E-state index contributed by atoms with van der Waals surface area (Å²) in [6.07, 6.45) is 0.571. The number of nitrogens with zero attached hydrogens (tertiary/aromatic N) is 2. The van der Waals surface area contributed by atoms with Gasteiger partial charge in [0.15, 0.2) is 0 Å². The van der Waals surface area contributed by atoms with Crippen LogP contribution in [0.3, 0.4) is 0 Å². The molecule has 1 amide bonds. The van der Waals surface area contributed by atoms with Gasteiger partial charge in [-0.3, -0.25) is 4.79 Å². The molecule has 1 aromatic carbocycles. The van der Waals surface area contributed by atoms with Gasteiger partial charge in [-0.15, -0.1) is 10.2 Å². The number of hydrogen-bond acceptors (Lipinski definition) is 5. The van der Waals surface area contributed by atoms with Crippen molar-refractivity contribution in [1.29, 1.82) is 0 Å². The zero-order valence-corrected chi connectivity index (χ0v) is 10.2. The first-order valence-electron chi connectivity index (χ1n) is 5.27. The predicted molar refractivity (Wildman–Crippen MR) is 66.8 cm³/mol. The van der Waals surface area contributed by atoms with Crippen molar-refractivity contribution in [3.05, 3.63) is 40.7 Å². The standard InChI is InChI=1S/C11H11FN4OS/c12-8-3-1-7(2-4-8)10(17)14-6-5-9-15-16-11(13)18-9/h1-4H,5-6H2,(H2,13,16)(H,14,17). The van der Waals surface area contributed by atoms with E-state index in [9.17, 15) is 9.18 Å². The summed E-state index contributed by atoms with van der Waals surface area (Å²) >= 11 is 1.29. The van der Waals surface area contributed by atoms with E-state index in [-0.39, 0.29) is 11.7 Å². The Morgan fingerprint density at radius 2 is 2.06 bits per heavy atom. The second kappa shape index (κ2) is 5.54. The van der Waals surface area contributed by atoms with Crippen molar-refractivity contribution in [2.45, 2.75) is 6.42 Å². The van der Waals surface area contributed by atoms with E-state index >= 15 is 0 Å². The summed E-state index contributed by atoms with van der Waals surface area (Å²) in [6, 6.07) is 5.38. The first-order chi connectivity index (χ1) is 8.65. The molecule has 0 atom stereocenters. The van der Waals surface area contributed by atoms with Crippen molar-refractivity contribution in [3.63, 3.8) is 0 Å². The molecule has 0 saturated carbocycles. The van der Waals surface area contributed by atoms with Gasteiger partial charge in [0.2, 0.25) is 5.13 Å². The summed E-state index contributed by atoms with van der Waals surface area (Å²) in [5.41, 5.74) is 5.86. The molecule has 0 fully saturated rings. The van der Waals surface area contributed by atoms with E-state index in [1.165, 1.54) is 35.6 Å².